The highest BCUT2D eigenvalue weighted by molar-refractivity contribution is 5.95. The second kappa shape index (κ2) is 3.19. The van der Waals surface area contributed by atoms with E-state index in [2.05, 4.69) is 12.1 Å². The molecule has 0 saturated heterocycles. The van der Waals surface area contributed by atoms with E-state index in [0.29, 0.717) is 11.7 Å². The van der Waals surface area contributed by atoms with Gasteiger partial charge in [-0.3, -0.25) is 4.79 Å². The van der Waals surface area contributed by atoms with Crippen molar-refractivity contribution in [2.24, 2.45) is 5.92 Å². The van der Waals surface area contributed by atoms with Crippen LogP contribution in [0.5, 0.6) is 0 Å². The van der Waals surface area contributed by atoms with E-state index in [4.69, 9.17) is 0 Å². The van der Waals surface area contributed by atoms with E-state index in [9.17, 15) is 4.79 Å². The van der Waals surface area contributed by atoms with Crippen LogP contribution in [-0.4, -0.2) is 5.78 Å². The quantitative estimate of drug-likeness (QED) is 0.732. The van der Waals surface area contributed by atoms with E-state index in [1.54, 1.807) is 0 Å². The summed E-state index contributed by atoms with van der Waals surface area (Å²) >= 11 is 0. The molecule has 15 heavy (non-hydrogen) atoms. The molecular formula is C14H16O. The minimum atomic E-state index is -0.0631. The highest BCUT2D eigenvalue weighted by Crippen LogP contribution is 2.52. The maximum absolute atomic E-state index is 12.3. The average Bonchev–Trinajstić information content (AvgIpc) is 2.97. The van der Waals surface area contributed by atoms with Crippen LogP contribution < -0.4 is 0 Å². The van der Waals surface area contributed by atoms with Crippen LogP contribution in [0.25, 0.3) is 0 Å². The SMILES string of the molecule is O=C(C1CCC1)C1(c2ccccc2)CC1. The summed E-state index contributed by atoms with van der Waals surface area (Å²) in [5, 5.41) is 0. The number of Topliss-reactive ketones (excluding diaryl/α,β-unsaturated/α-hetero) is 1. The van der Waals surface area contributed by atoms with Gasteiger partial charge in [-0.15, -0.1) is 0 Å². The van der Waals surface area contributed by atoms with Crippen molar-refractivity contribution < 1.29 is 4.79 Å². The van der Waals surface area contributed by atoms with Crippen molar-refractivity contribution in [2.45, 2.75) is 37.5 Å². The highest BCUT2D eigenvalue weighted by atomic mass is 16.1. The smallest absolute Gasteiger partial charge is 0.146 e. The third-order valence-electron chi connectivity index (χ3n) is 4.02. The topological polar surface area (TPSA) is 17.1 Å². The Kier molecular flexibility index (Phi) is 1.95. The van der Waals surface area contributed by atoms with Crippen molar-refractivity contribution in [1.82, 2.24) is 0 Å². The van der Waals surface area contributed by atoms with Gasteiger partial charge in [-0.2, -0.15) is 0 Å². The Hall–Kier alpha value is -1.11. The summed E-state index contributed by atoms with van der Waals surface area (Å²) in [6, 6.07) is 10.3. The molecule has 0 bridgehead atoms. The van der Waals surface area contributed by atoms with Gasteiger partial charge in [-0.25, -0.2) is 0 Å². The Bertz CT molecular complexity index is 372. The molecular weight excluding hydrogens is 184 g/mol. The normalized spacial score (nSPS) is 23.2. The van der Waals surface area contributed by atoms with Crippen LogP contribution in [0.15, 0.2) is 30.3 Å². The van der Waals surface area contributed by atoms with Crippen LogP contribution in [0, 0.1) is 5.92 Å². The number of carbonyl (C=O) groups excluding carboxylic acids is 1. The van der Waals surface area contributed by atoms with Gasteiger partial charge >= 0.3 is 0 Å². The standard InChI is InChI=1S/C14H16O/c15-13(11-5-4-6-11)14(9-10-14)12-7-2-1-3-8-12/h1-3,7-8,11H,4-6,9-10H2. The van der Waals surface area contributed by atoms with E-state index >= 15 is 0 Å². The van der Waals surface area contributed by atoms with Gasteiger partial charge in [0.1, 0.15) is 5.78 Å². The van der Waals surface area contributed by atoms with Crippen LogP contribution in [0.2, 0.25) is 0 Å². The van der Waals surface area contributed by atoms with Gasteiger partial charge in [0.15, 0.2) is 0 Å². The lowest BCUT2D eigenvalue weighted by molar-refractivity contribution is -0.127. The third kappa shape index (κ3) is 1.33. The predicted octanol–water partition coefficient (Wildman–Crippen LogP) is 3.09. The second-order valence-corrected chi connectivity index (χ2v) is 4.94. The number of rotatable bonds is 3. The maximum atomic E-state index is 12.3. The fraction of sp³-hybridized carbons (Fsp3) is 0.500. The maximum Gasteiger partial charge on any atom is 0.146 e. The van der Waals surface area contributed by atoms with Gasteiger partial charge in [0.25, 0.3) is 0 Å². The van der Waals surface area contributed by atoms with Crippen molar-refractivity contribution in [1.29, 1.82) is 0 Å². The average molecular weight is 200 g/mol. The van der Waals surface area contributed by atoms with Crippen LogP contribution in [0.4, 0.5) is 0 Å². The van der Waals surface area contributed by atoms with Crippen molar-refractivity contribution >= 4 is 5.78 Å². The largest absolute Gasteiger partial charge is 0.298 e. The summed E-state index contributed by atoms with van der Waals surface area (Å²) in [7, 11) is 0. The molecule has 0 radical (unpaired) electrons. The van der Waals surface area contributed by atoms with Gasteiger partial charge in [-0.1, -0.05) is 36.8 Å². The summed E-state index contributed by atoms with van der Waals surface area (Å²) in [4.78, 5) is 12.3. The fourth-order valence-corrected chi connectivity index (χ4v) is 2.62. The molecule has 0 aromatic heterocycles. The molecule has 0 atom stereocenters. The van der Waals surface area contributed by atoms with Crippen LogP contribution >= 0.6 is 0 Å². The molecule has 1 aromatic rings. The molecule has 0 unspecified atom stereocenters. The summed E-state index contributed by atoms with van der Waals surface area (Å²) in [5.41, 5.74) is 1.19. The molecule has 2 aliphatic rings. The summed E-state index contributed by atoms with van der Waals surface area (Å²) in [6.45, 7) is 0. The van der Waals surface area contributed by atoms with Crippen LogP contribution in [0.1, 0.15) is 37.7 Å². The Balaban J connectivity index is 1.87. The van der Waals surface area contributed by atoms with Crippen LogP contribution in [0.3, 0.4) is 0 Å². The molecule has 1 nitrogen and oxygen atoms in total. The molecule has 78 valence electrons. The molecule has 0 aliphatic heterocycles. The minimum Gasteiger partial charge on any atom is -0.298 e. The van der Waals surface area contributed by atoms with E-state index in [0.717, 1.165) is 25.7 Å². The number of hydrogen-bond donors (Lipinski definition) is 0. The van der Waals surface area contributed by atoms with Gasteiger partial charge in [-0.05, 0) is 31.2 Å². The number of benzene rings is 1. The first-order chi connectivity index (χ1) is 7.33. The van der Waals surface area contributed by atoms with Crippen molar-refractivity contribution in [3.8, 4) is 0 Å². The highest BCUT2D eigenvalue weighted by Gasteiger charge is 2.53. The molecule has 1 aromatic carbocycles. The first kappa shape index (κ1) is 9.14. The van der Waals surface area contributed by atoms with Crippen molar-refractivity contribution in [2.75, 3.05) is 0 Å². The lowest BCUT2D eigenvalue weighted by Crippen LogP contribution is -2.32. The van der Waals surface area contributed by atoms with Gasteiger partial charge in [0, 0.05) is 5.92 Å². The van der Waals surface area contributed by atoms with Gasteiger partial charge in [0.05, 0.1) is 5.41 Å². The monoisotopic (exact) mass is 200 g/mol. The van der Waals surface area contributed by atoms with Gasteiger partial charge in [0.2, 0.25) is 0 Å². The first-order valence-electron chi connectivity index (χ1n) is 5.93. The molecule has 2 saturated carbocycles. The Morgan fingerprint density at radius 2 is 1.80 bits per heavy atom. The molecule has 2 fully saturated rings. The molecule has 0 spiro atoms. The second-order valence-electron chi connectivity index (χ2n) is 4.94. The Morgan fingerprint density at radius 1 is 1.13 bits per heavy atom. The first-order valence-corrected chi connectivity index (χ1v) is 5.93. The summed E-state index contributed by atoms with van der Waals surface area (Å²) in [6.07, 6.45) is 5.67. The lowest BCUT2D eigenvalue weighted by Gasteiger charge is -2.28. The van der Waals surface area contributed by atoms with E-state index < -0.39 is 0 Å². The summed E-state index contributed by atoms with van der Waals surface area (Å²) < 4.78 is 0. The molecule has 3 rings (SSSR count). The zero-order valence-corrected chi connectivity index (χ0v) is 8.91. The molecule has 1 heteroatoms. The lowest BCUT2D eigenvalue weighted by atomic mass is 9.74. The summed E-state index contributed by atoms with van der Waals surface area (Å²) in [5.74, 6) is 0.910. The number of ketones is 1. The molecule has 0 heterocycles. The van der Waals surface area contributed by atoms with Crippen molar-refractivity contribution in [3.63, 3.8) is 0 Å². The van der Waals surface area contributed by atoms with E-state index in [1.807, 2.05) is 18.2 Å². The minimum absolute atomic E-state index is 0.0631. The molecule has 0 N–H and O–H groups in total. The zero-order valence-electron chi connectivity index (χ0n) is 8.91. The molecule has 0 amide bonds. The van der Waals surface area contributed by atoms with Gasteiger partial charge < -0.3 is 0 Å². The number of carbonyl (C=O) groups is 1. The number of hydrogen-bond acceptors (Lipinski definition) is 1. The van der Waals surface area contributed by atoms with Crippen LogP contribution in [-0.2, 0) is 10.2 Å². The zero-order chi connectivity index (χ0) is 10.3. The Labute approximate surface area is 90.5 Å². The van der Waals surface area contributed by atoms with Crippen molar-refractivity contribution in [3.05, 3.63) is 35.9 Å². The predicted molar refractivity (Wildman–Crippen MR) is 59.7 cm³/mol. The van der Waals surface area contributed by atoms with E-state index in [1.165, 1.54) is 12.0 Å². The fourth-order valence-electron chi connectivity index (χ4n) is 2.62. The molecule has 2 aliphatic carbocycles. The Morgan fingerprint density at radius 3 is 2.27 bits per heavy atom. The third-order valence-corrected chi connectivity index (χ3v) is 4.02. The van der Waals surface area contributed by atoms with E-state index in [-0.39, 0.29) is 5.41 Å².